The first-order chi connectivity index (χ1) is 10.6. The topological polar surface area (TPSA) is 93.5 Å². The maximum Gasteiger partial charge on any atom is 0.252 e. The van der Waals surface area contributed by atoms with Crippen LogP contribution in [0, 0.1) is 0 Å². The zero-order valence-corrected chi connectivity index (χ0v) is 13.4. The van der Waals surface area contributed by atoms with Crippen molar-refractivity contribution < 1.29 is 4.79 Å². The number of primary amides is 1. The van der Waals surface area contributed by atoms with E-state index in [1.165, 1.54) is 11.8 Å². The van der Waals surface area contributed by atoms with Crippen molar-refractivity contribution in [2.24, 2.45) is 16.5 Å². The van der Waals surface area contributed by atoms with Gasteiger partial charge in [-0.25, -0.2) is 4.99 Å². The predicted octanol–water partition coefficient (Wildman–Crippen LogP) is 1.76. The van der Waals surface area contributed by atoms with Crippen LogP contribution in [0.5, 0.6) is 0 Å². The molecule has 1 atom stereocenters. The maximum atomic E-state index is 11.8. The fourth-order valence-corrected chi connectivity index (χ4v) is 4.14. The van der Waals surface area contributed by atoms with Crippen LogP contribution in [-0.4, -0.2) is 24.0 Å². The molecule has 1 aromatic heterocycles. The minimum atomic E-state index is -0.832. The van der Waals surface area contributed by atoms with E-state index in [1.807, 2.05) is 41.8 Å². The molecular formula is C15H16N4OS2. The summed E-state index contributed by atoms with van der Waals surface area (Å²) in [6.45, 7) is 0.763. The van der Waals surface area contributed by atoms with Crippen LogP contribution in [0.2, 0.25) is 0 Å². The lowest BCUT2D eigenvalue weighted by Crippen LogP contribution is -2.46. The molecule has 3 rings (SSSR count). The summed E-state index contributed by atoms with van der Waals surface area (Å²) < 4.78 is 0. The van der Waals surface area contributed by atoms with Gasteiger partial charge in [-0.2, -0.15) is 0 Å². The smallest absolute Gasteiger partial charge is 0.252 e. The Bertz CT molecular complexity index is 689. The SMILES string of the molecule is NC(=O)[C@]1(c2ccc(N=C(N)c3cccs3)cc2)NCCS1. The molecule has 114 valence electrons. The molecule has 0 bridgehead atoms. The first-order valence-corrected chi connectivity index (χ1v) is 8.66. The highest BCUT2D eigenvalue weighted by Crippen LogP contribution is 2.37. The van der Waals surface area contributed by atoms with Crippen LogP contribution in [0.4, 0.5) is 5.69 Å². The monoisotopic (exact) mass is 332 g/mol. The van der Waals surface area contributed by atoms with E-state index in [0.29, 0.717) is 5.84 Å². The van der Waals surface area contributed by atoms with E-state index in [2.05, 4.69) is 10.3 Å². The average molecular weight is 332 g/mol. The van der Waals surface area contributed by atoms with Crippen LogP contribution < -0.4 is 16.8 Å². The summed E-state index contributed by atoms with van der Waals surface area (Å²) in [6.07, 6.45) is 0. The molecule has 2 heterocycles. The van der Waals surface area contributed by atoms with Gasteiger partial charge in [-0.15, -0.1) is 23.1 Å². The quantitative estimate of drug-likeness (QED) is 0.587. The molecule has 1 aromatic carbocycles. The molecule has 5 N–H and O–H groups in total. The van der Waals surface area contributed by atoms with Gasteiger partial charge in [0.2, 0.25) is 0 Å². The standard InChI is InChI=1S/C15H16N4OS2/c16-13(12-2-1-8-21-12)19-11-5-3-10(4-6-11)15(14(17)20)18-7-9-22-15/h1-6,8,18H,7,9H2,(H2,16,19)(H2,17,20)/t15-/m1/s1. The van der Waals surface area contributed by atoms with Crippen LogP contribution in [-0.2, 0) is 9.67 Å². The number of carbonyl (C=O) groups excluding carboxylic acids is 1. The van der Waals surface area contributed by atoms with Gasteiger partial charge in [-0.05, 0) is 29.1 Å². The van der Waals surface area contributed by atoms with Gasteiger partial charge in [0.15, 0.2) is 4.87 Å². The Labute approximate surface area is 136 Å². The largest absolute Gasteiger partial charge is 0.383 e. The number of benzene rings is 1. The summed E-state index contributed by atoms with van der Waals surface area (Å²) >= 11 is 3.07. The zero-order valence-electron chi connectivity index (χ0n) is 11.8. The van der Waals surface area contributed by atoms with Crippen LogP contribution in [0.1, 0.15) is 10.4 Å². The van der Waals surface area contributed by atoms with Gasteiger partial charge in [0.1, 0.15) is 5.84 Å². The lowest BCUT2D eigenvalue weighted by Gasteiger charge is -2.25. The van der Waals surface area contributed by atoms with Gasteiger partial charge >= 0.3 is 0 Å². The molecule has 2 aromatic rings. The third-order valence-corrected chi connectivity index (χ3v) is 5.75. The first-order valence-electron chi connectivity index (χ1n) is 6.79. The highest BCUT2D eigenvalue weighted by atomic mass is 32.2. The molecule has 0 aliphatic carbocycles. The number of nitrogens with one attached hydrogen (secondary N) is 1. The van der Waals surface area contributed by atoms with Gasteiger partial charge in [-0.3, -0.25) is 10.1 Å². The van der Waals surface area contributed by atoms with E-state index >= 15 is 0 Å². The zero-order chi connectivity index (χ0) is 15.6. The van der Waals surface area contributed by atoms with Gasteiger partial charge in [-0.1, -0.05) is 18.2 Å². The fourth-order valence-electron chi connectivity index (χ4n) is 2.36. The van der Waals surface area contributed by atoms with Gasteiger partial charge in [0.05, 0.1) is 10.6 Å². The lowest BCUT2D eigenvalue weighted by atomic mass is 10.1. The Hall–Kier alpha value is -1.83. The number of thiophene rings is 1. The summed E-state index contributed by atoms with van der Waals surface area (Å²) in [4.78, 5) is 16.3. The molecule has 1 fully saturated rings. The fraction of sp³-hybridized carbons (Fsp3) is 0.200. The molecule has 1 aliphatic rings. The van der Waals surface area contributed by atoms with Gasteiger partial charge < -0.3 is 11.5 Å². The number of nitrogens with two attached hydrogens (primary N) is 2. The van der Waals surface area contributed by atoms with E-state index in [-0.39, 0.29) is 5.91 Å². The van der Waals surface area contributed by atoms with Crippen LogP contribution in [0.25, 0.3) is 0 Å². The highest BCUT2D eigenvalue weighted by Gasteiger charge is 2.41. The maximum absolute atomic E-state index is 11.8. The van der Waals surface area contributed by atoms with E-state index in [4.69, 9.17) is 11.5 Å². The number of nitrogens with zero attached hydrogens (tertiary/aromatic N) is 1. The highest BCUT2D eigenvalue weighted by molar-refractivity contribution is 8.01. The normalized spacial score (nSPS) is 21.9. The molecule has 1 saturated heterocycles. The molecule has 5 nitrogen and oxygen atoms in total. The van der Waals surface area contributed by atoms with E-state index in [1.54, 1.807) is 11.3 Å². The second-order valence-corrected chi connectivity index (χ2v) is 7.10. The third-order valence-electron chi connectivity index (χ3n) is 3.44. The van der Waals surface area contributed by atoms with Crippen molar-refractivity contribution in [1.29, 1.82) is 0 Å². The van der Waals surface area contributed by atoms with E-state index in [0.717, 1.165) is 28.4 Å². The van der Waals surface area contributed by atoms with Crippen molar-refractivity contribution in [2.75, 3.05) is 12.3 Å². The van der Waals surface area contributed by atoms with Crippen LogP contribution >= 0.6 is 23.1 Å². The Kier molecular flexibility index (Phi) is 4.19. The second kappa shape index (κ2) is 6.12. The third kappa shape index (κ3) is 2.75. The Morgan fingerprint density at radius 3 is 2.55 bits per heavy atom. The van der Waals surface area contributed by atoms with Crippen molar-refractivity contribution in [3.05, 3.63) is 52.2 Å². The van der Waals surface area contributed by atoms with E-state index in [9.17, 15) is 4.79 Å². The number of thioether (sulfide) groups is 1. The predicted molar refractivity (Wildman–Crippen MR) is 92.5 cm³/mol. The second-order valence-electron chi connectivity index (χ2n) is 4.84. The molecule has 0 radical (unpaired) electrons. The van der Waals surface area contributed by atoms with Gasteiger partial charge in [0, 0.05) is 12.3 Å². The summed E-state index contributed by atoms with van der Waals surface area (Å²) in [5.74, 6) is 0.971. The Morgan fingerprint density at radius 1 is 1.23 bits per heavy atom. The number of aliphatic imine (C=N–C) groups is 1. The molecule has 0 spiro atoms. The van der Waals surface area contributed by atoms with Crippen LogP contribution in [0.15, 0.2) is 46.8 Å². The molecule has 1 amide bonds. The van der Waals surface area contributed by atoms with Crippen molar-refractivity contribution in [3.63, 3.8) is 0 Å². The van der Waals surface area contributed by atoms with E-state index < -0.39 is 4.87 Å². The van der Waals surface area contributed by atoms with Crippen molar-refractivity contribution in [1.82, 2.24) is 5.32 Å². The summed E-state index contributed by atoms with van der Waals surface area (Å²) in [7, 11) is 0. The average Bonchev–Trinajstić information content (AvgIpc) is 3.20. The molecule has 0 saturated carbocycles. The minimum absolute atomic E-state index is 0.371. The number of amides is 1. The summed E-state index contributed by atoms with van der Waals surface area (Å²) in [5.41, 5.74) is 13.1. The molecule has 1 aliphatic heterocycles. The lowest BCUT2D eigenvalue weighted by molar-refractivity contribution is -0.121. The summed E-state index contributed by atoms with van der Waals surface area (Å²) in [5, 5.41) is 5.16. The molecule has 22 heavy (non-hydrogen) atoms. The number of carbonyl (C=O) groups is 1. The van der Waals surface area contributed by atoms with Crippen molar-refractivity contribution in [3.8, 4) is 0 Å². The van der Waals surface area contributed by atoms with Crippen molar-refractivity contribution >= 4 is 40.5 Å². The summed E-state index contributed by atoms with van der Waals surface area (Å²) in [6, 6.07) is 11.3. The molecule has 0 unspecified atom stereocenters. The molecule has 7 heteroatoms. The number of hydrogen-bond acceptors (Lipinski definition) is 5. The van der Waals surface area contributed by atoms with Gasteiger partial charge in [0.25, 0.3) is 5.91 Å². The van der Waals surface area contributed by atoms with Crippen LogP contribution in [0.3, 0.4) is 0 Å². The minimum Gasteiger partial charge on any atom is -0.383 e. The Morgan fingerprint density at radius 2 is 2.00 bits per heavy atom. The number of hydrogen-bond donors (Lipinski definition) is 3. The number of amidine groups is 1. The Balaban J connectivity index is 1.87. The number of rotatable bonds is 4. The molecular weight excluding hydrogens is 316 g/mol. The first kappa shape index (κ1) is 15.1. The van der Waals surface area contributed by atoms with Crippen molar-refractivity contribution in [2.45, 2.75) is 4.87 Å².